The largest absolute Gasteiger partial charge is 0.457 e. The molecule has 2 aliphatic heterocycles. The third kappa shape index (κ3) is 5.90. The predicted octanol–water partition coefficient (Wildman–Crippen LogP) is 4.81. The molecule has 0 bridgehead atoms. The van der Waals surface area contributed by atoms with E-state index < -0.39 is 20.0 Å². The van der Waals surface area contributed by atoms with Gasteiger partial charge in [-0.2, -0.15) is 8.61 Å². The number of nitrogens with zero attached hydrogens (tertiary/aromatic N) is 2. The Morgan fingerprint density at radius 3 is 1.14 bits per heavy atom. The number of hydrogen-bond acceptors (Lipinski definition) is 5. The van der Waals surface area contributed by atoms with Crippen LogP contribution in [0.15, 0.2) is 58.3 Å². The minimum absolute atomic E-state index is 0.248. The summed E-state index contributed by atoms with van der Waals surface area (Å²) in [6.07, 6.45) is 2.07. The van der Waals surface area contributed by atoms with Gasteiger partial charge in [0.2, 0.25) is 20.0 Å². The fourth-order valence-corrected chi connectivity index (χ4v) is 8.76. The molecule has 35 heavy (non-hydrogen) atoms. The minimum atomic E-state index is -3.55. The summed E-state index contributed by atoms with van der Waals surface area (Å²) < 4.78 is 61.3. The summed E-state index contributed by atoms with van der Waals surface area (Å²) in [6.45, 7) is 10.5. The van der Waals surface area contributed by atoms with E-state index in [2.05, 4.69) is 27.7 Å². The highest BCUT2D eigenvalue weighted by molar-refractivity contribution is 7.89. The first-order chi connectivity index (χ1) is 16.4. The number of sulfonamides is 2. The Hall–Kier alpha value is -1.94. The van der Waals surface area contributed by atoms with E-state index in [0.717, 1.165) is 12.8 Å². The molecule has 0 spiro atoms. The van der Waals surface area contributed by atoms with Crippen LogP contribution in [0, 0.1) is 23.7 Å². The van der Waals surface area contributed by atoms with Crippen LogP contribution in [-0.4, -0.2) is 51.6 Å². The first-order valence-electron chi connectivity index (χ1n) is 12.3. The Morgan fingerprint density at radius 2 is 0.857 bits per heavy atom. The van der Waals surface area contributed by atoms with Gasteiger partial charge in [-0.1, -0.05) is 27.7 Å². The van der Waals surface area contributed by atoms with Crippen molar-refractivity contribution in [2.24, 2.45) is 23.7 Å². The van der Waals surface area contributed by atoms with Crippen molar-refractivity contribution in [3.8, 4) is 11.5 Å². The van der Waals surface area contributed by atoms with Crippen LogP contribution in [0.5, 0.6) is 11.5 Å². The minimum Gasteiger partial charge on any atom is -0.457 e. The monoisotopic (exact) mass is 520 g/mol. The van der Waals surface area contributed by atoms with Gasteiger partial charge in [0.05, 0.1) is 9.79 Å². The summed E-state index contributed by atoms with van der Waals surface area (Å²) in [4.78, 5) is 0.496. The van der Waals surface area contributed by atoms with Gasteiger partial charge in [0.1, 0.15) is 11.5 Å². The lowest BCUT2D eigenvalue weighted by Gasteiger charge is -2.34. The van der Waals surface area contributed by atoms with Gasteiger partial charge in [-0.25, -0.2) is 16.8 Å². The molecule has 4 rings (SSSR count). The first kappa shape index (κ1) is 26.1. The molecule has 2 aromatic carbocycles. The molecule has 0 aromatic heterocycles. The highest BCUT2D eigenvalue weighted by Gasteiger charge is 2.32. The molecule has 0 aliphatic carbocycles. The highest BCUT2D eigenvalue weighted by atomic mass is 32.2. The maximum Gasteiger partial charge on any atom is 0.243 e. The Balaban J connectivity index is 1.44. The lowest BCUT2D eigenvalue weighted by atomic mass is 9.94. The highest BCUT2D eigenvalue weighted by Crippen LogP contribution is 2.30. The van der Waals surface area contributed by atoms with E-state index in [1.165, 1.54) is 0 Å². The molecule has 0 N–H and O–H groups in total. The van der Waals surface area contributed by atoms with E-state index >= 15 is 0 Å². The second-order valence-electron chi connectivity index (χ2n) is 10.6. The maximum atomic E-state index is 13.1. The molecule has 9 heteroatoms. The van der Waals surface area contributed by atoms with E-state index in [1.807, 2.05) is 0 Å². The van der Waals surface area contributed by atoms with Crippen molar-refractivity contribution in [2.75, 3.05) is 26.2 Å². The topological polar surface area (TPSA) is 84.0 Å². The number of ether oxygens (including phenoxy) is 1. The van der Waals surface area contributed by atoms with Gasteiger partial charge in [0.25, 0.3) is 0 Å². The molecule has 2 fully saturated rings. The van der Waals surface area contributed by atoms with Crippen LogP contribution >= 0.6 is 0 Å². The smallest absolute Gasteiger partial charge is 0.243 e. The quantitative estimate of drug-likeness (QED) is 0.546. The average Bonchev–Trinajstić information content (AvgIpc) is 2.78. The predicted molar refractivity (Wildman–Crippen MR) is 136 cm³/mol. The van der Waals surface area contributed by atoms with E-state index in [0.29, 0.717) is 61.3 Å². The fourth-order valence-electron chi connectivity index (χ4n) is 5.40. The molecule has 2 saturated heterocycles. The van der Waals surface area contributed by atoms with Gasteiger partial charge in [-0.05, 0) is 85.0 Å². The van der Waals surface area contributed by atoms with E-state index in [4.69, 9.17) is 4.74 Å². The summed E-state index contributed by atoms with van der Waals surface area (Å²) in [7, 11) is -7.10. The van der Waals surface area contributed by atoms with Crippen LogP contribution in [0.4, 0.5) is 0 Å². The normalized spacial score (nSPS) is 27.0. The van der Waals surface area contributed by atoms with Crippen LogP contribution in [0.25, 0.3) is 0 Å². The molecule has 0 saturated carbocycles. The second-order valence-corrected chi connectivity index (χ2v) is 14.5. The average molecular weight is 521 g/mol. The Kier molecular flexibility index (Phi) is 7.62. The van der Waals surface area contributed by atoms with E-state index in [9.17, 15) is 16.8 Å². The molecule has 0 unspecified atom stereocenters. The lowest BCUT2D eigenvalue weighted by molar-refractivity contribution is 0.222. The molecule has 192 valence electrons. The van der Waals surface area contributed by atoms with Crippen molar-refractivity contribution in [2.45, 2.75) is 50.3 Å². The van der Waals surface area contributed by atoms with Crippen molar-refractivity contribution in [3.63, 3.8) is 0 Å². The molecular formula is C26H36N2O5S2. The third-order valence-electron chi connectivity index (χ3n) is 6.83. The van der Waals surface area contributed by atoms with Crippen molar-refractivity contribution in [1.82, 2.24) is 8.61 Å². The molecule has 0 radical (unpaired) electrons. The summed E-state index contributed by atoms with van der Waals surface area (Å²) in [5.41, 5.74) is 0. The molecule has 0 amide bonds. The molecule has 2 heterocycles. The second kappa shape index (κ2) is 10.2. The summed E-state index contributed by atoms with van der Waals surface area (Å²) in [5, 5.41) is 0. The third-order valence-corrected chi connectivity index (χ3v) is 10.5. The Labute approximate surface area is 210 Å². The SMILES string of the molecule is C[C@@H]1C[C@@H](C)CN(S(=O)(=O)c2ccc(Oc3ccc(S(=O)(=O)N4C[C@H](C)C[C@H](C)C4)cc3)cc2)C1. The van der Waals surface area contributed by atoms with Crippen LogP contribution in [0.2, 0.25) is 0 Å². The van der Waals surface area contributed by atoms with Gasteiger partial charge < -0.3 is 4.74 Å². The van der Waals surface area contributed by atoms with E-state index in [-0.39, 0.29) is 9.79 Å². The zero-order valence-electron chi connectivity index (χ0n) is 20.9. The molecule has 2 aromatic rings. The van der Waals surface area contributed by atoms with Gasteiger partial charge in [0, 0.05) is 26.2 Å². The summed E-state index contributed by atoms with van der Waals surface area (Å²) >= 11 is 0. The van der Waals surface area contributed by atoms with Crippen LogP contribution in [0.1, 0.15) is 40.5 Å². The van der Waals surface area contributed by atoms with Crippen molar-refractivity contribution < 1.29 is 21.6 Å². The van der Waals surface area contributed by atoms with Crippen LogP contribution < -0.4 is 4.74 Å². The molecule has 7 nitrogen and oxygen atoms in total. The van der Waals surface area contributed by atoms with Crippen LogP contribution in [-0.2, 0) is 20.0 Å². The molecular weight excluding hydrogens is 484 g/mol. The Morgan fingerprint density at radius 1 is 0.571 bits per heavy atom. The number of benzene rings is 2. The molecule has 4 atom stereocenters. The zero-order valence-corrected chi connectivity index (χ0v) is 22.6. The first-order valence-corrected chi connectivity index (χ1v) is 15.2. The maximum absolute atomic E-state index is 13.1. The summed E-state index contributed by atoms with van der Waals surface area (Å²) in [5.74, 6) is 2.32. The standard InChI is InChI=1S/C26H36N2O5S2/c1-19-13-20(2)16-27(15-19)34(29,30)25-9-5-23(6-10-25)33-24-7-11-26(12-8-24)35(31,32)28-17-21(3)14-22(4)18-28/h5-12,19-22H,13-18H2,1-4H3/t19-,20-,21-,22+/m1/s1. The molecule has 2 aliphatic rings. The summed E-state index contributed by atoms with van der Waals surface area (Å²) in [6, 6.07) is 12.8. The number of hydrogen-bond donors (Lipinski definition) is 0. The Bertz CT molecular complexity index is 1110. The van der Waals surface area contributed by atoms with Gasteiger partial charge in [-0.3, -0.25) is 0 Å². The van der Waals surface area contributed by atoms with Gasteiger partial charge >= 0.3 is 0 Å². The van der Waals surface area contributed by atoms with Crippen molar-refractivity contribution >= 4 is 20.0 Å². The number of piperidine rings is 2. The van der Waals surface area contributed by atoms with Crippen LogP contribution in [0.3, 0.4) is 0 Å². The van der Waals surface area contributed by atoms with Gasteiger partial charge in [-0.15, -0.1) is 0 Å². The van der Waals surface area contributed by atoms with Crippen molar-refractivity contribution in [3.05, 3.63) is 48.5 Å². The lowest BCUT2D eigenvalue weighted by Crippen LogP contribution is -2.42. The van der Waals surface area contributed by atoms with E-state index in [1.54, 1.807) is 57.1 Å². The number of rotatable bonds is 6. The van der Waals surface area contributed by atoms with Crippen molar-refractivity contribution in [1.29, 1.82) is 0 Å². The van der Waals surface area contributed by atoms with Gasteiger partial charge in [0.15, 0.2) is 0 Å². The zero-order chi connectivity index (χ0) is 25.4. The fraction of sp³-hybridized carbons (Fsp3) is 0.538.